The highest BCUT2D eigenvalue weighted by molar-refractivity contribution is 5.78. The van der Waals surface area contributed by atoms with Crippen molar-refractivity contribution < 1.29 is 4.79 Å². The number of hydrogen-bond donors (Lipinski definition) is 1. The van der Waals surface area contributed by atoms with Crippen molar-refractivity contribution in [3.63, 3.8) is 0 Å². The SMILES string of the molecule is N#CC1=CC=CC2CCC(=O)NC12. The zero-order valence-electron chi connectivity index (χ0n) is 7.16. The third-order valence-electron chi connectivity index (χ3n) is 2.55. The number of carbonyl (C=O) groups is 1. The van der Waals surface area contributed by atoms with Gasteiger partial charge >= 0.3 is 0 Å². The number of carbonyl (C=O) groups excluding carboxylic acids is 1. The molecule has 2 unspecified atom stereocenters. The molecule has 13 heavy (non-hydrogen) atoms. The minimum absolute atomic E-state index is 0.0534. The van der Waals surface area contributed by atoms with E-state index in [9.17, 15) is 4.79 Å². The molecule has 2 atom stereocenters. The molecule has 1 aliphatic carbocycles. The topological polar surface area (TPSA) is 52.9 Å². The molecule has 0 radical (unpaired) electrons. The van der Waals surface area contributed by atoms with E-state index >= 15 is 0 Å². The van der Waals surface area contributed by atoms with Gasteiger partial charge in [-0.1, -0.05) is 12.2 Å². The van der Waals surface area contributed by atoms with E-state index in [0.29, 0.717) is 17.9 Å². The lowest BCUT2D eigenvalue weighted by atomic mass is 9.83. The van der Waals surface area contributed by atoms with Crippen LogP contribution in [-0.2, 0) is 4.79 Å². The van der Waals surface area contributed by atoms with Crippen LogP contribution in [0.4, 0.5) is 0 Å². The highest BCUT2D eigenvalue weighted by Gasteiger charge is 2.30. The Labute approximate surface area is 76.7 Å². The number of fused-ring (bicyclic) bond motifs is 1. The van der Waals surface area contributed by atoms with E-state index in [-0.39, 0.29) is 11.9 Å². The van der Waals surface area contributed by atoms with Crippen LogP contribution in [0.1, 0.15) is 12.8 Å². The summed E-state index contributed by atoms with van der Waals surface area (Å²) in [5, 5.41) is 11.7. The summed E-state index contributed by atoms with van der Waals surface area (Å²) in [5.41, 5.74) is 0.667. The number of allylic oxidation sites excluding steroid dienone is 2. The average Bonchev–Trinajstić information content (AvgIpc) is 2.17. The van der Waals surface area contributed by atoms with Crippen LogP contribution < -0.4 is 5.32 Å². The molecular formula is C10H10N2O. The number of hydrogen-bond acceptors (Lipinski definition) is 2. The first-order valence-corrected chi connectivity index (χ1v) is 4.39. The fraction of sp³-hybridized carbons (Fsp3) is 0.400. The predicted octanol–water partition coefficient (Wildman–Crippen LogP) is 0.901. The molecule has 1 N–H and O–H groups in total. The summed E-state index contributed by atoms with van der Waals surface area (Å²) < 4.78 is 0. The van der Waals surface area contributed by atoms with Gasteiger partial charge in [0.05, 0.1) is 17.7 Å². The van der Waals surface area contributed by atoms with E-state index in [0.717, 1.165) is 6.42 Å². The summed E-state index contributed by atoms with van der Waals surface area (Å²) in [6.07, 6.45) is 7.16. The Morgan fingerprint density at radius 1 is 1.62 bits per heavy atom. The zero-order valence-corrected chi connectivity index (χ0v) is 7.16. The maximum Gasteiger partial charge on any atom is 0.220 e. The molecule has 2 aliphatic rings. The number of nitriles is 1. The standard InChI is InChI=1S/C10H10N2O/c11-6-8-3-1-2-7-4-5-9(13)12-10(7)8/h1-3,7,10H,4-5H2,(H,12,13). The molecule has 0 spiro atoms. The van der Waals surface area contributed by atoms with Crippen molar-refractivity contribution in [3.8, 4) is 6.07 Å². The minimum Gasteiger partial charge on any atom is -0.348 e. The van der Waals surface area contributed by atoms with Gasteiger partial charge in [-0.15, -0.1) is 0 Å². The molecule has 0 bridgehead atoms. The molecule has 1 amide bonds. The van der Waals surface area contributed by atoms with Crippen LogP contribution in [0.3, 0.4) is 0 Å². The molecule has 0 saturated carbocycles. The van der Waals surface area contributed by atoms with Gasteiger partial charge in [0.15, 0.2) is 0 Å². The average molecular weight is 174 g/mol. The van der Waals surface area contributed by atoms with Crippen LogP contribution in [0, 0.1) is 17.2 Å². The van der Waals surface area contributed by atoms with Gasteiger partial charge in [0.1, 0.15) is 0 Å². The monoisotopic (exact) mass is 174 g/mol. The number of piperidine rings is 1. The molecule has 0 aromatic rings. The van der Waals surface area contributed by atoms with Gasteiger partial charge in [0.2, 0.25) is 5.91 Å². The fourth-order valence-corrected chi connectivity index (χ4v) is 1.85. The third-order valence-corrected chi connectivity index (χ3v) is 2.55. The van der Waals surface area contributed by atoms with Crippen LogP contribution in [0.25, 0.3) is 0 Å². The van der Waals surface area contributed by atoms with E-state index in [1.165, 1.54) is 0 Å². The summed E-state index contributed by atoms with van der Waals surface area (Å²) in [5.74, 6) is 0.370. The summed E-state index contributed by atoms with van der Waals surface area (Å²) in [7, 11) is 0. The fourth-order valence-electron chi connectivity index (χ4n) is 1.85. The smallest absolute Gasteiger partial charge is 0.220 e. The maximum absolute atomic E-state index is 11.1. The molecule has 0 aromatic carbocycles. The highest BCUT2D eigenvalue weighted by Crippen LogP contribution is 2.26. The number of nitrogens with zero attached hydrogens (tertiary/aromatic N) is 1. The summed E-state index contributed by atoms with van der Waals surface area (Å²) in [6, 6.07) is 2.05. The quantitative estimate of drug-likeness (QED) is 0.593. The second-order valence-corrected chi connectivity index (χ2v) is 3.37. The Balaban J connectivity index is 2.25. The second-order valence-electron chi connectivity index (χ2n) is 3.37. The summed E-state index contributed by atoms with van der Waals surface area (Å²) in [4.78, 5) is 11.1. The predicted molar refractivity (Wildman–Crippen MR) is 47.5 cm³/mol. The molecule has 1 aliphatic heterocycles. The lowest BCUT2D eigenvalue weighted by molar-refractivity contribution is -0.123. The Kier molecular flexibility index (Phi) is 1.90. The Hall–Kier alpha value is -1.56. The van der Waals surface area contributed by atoms with Crippen molar-refractivity contribution in [2.45, 2.75) is 18.9 Å². The largest absolute Gasteiger partial charge is 0.348 e. The number of nitrogens with one attached hydrogen (secondary N) is 1. The van der Waals surface area contributed by atoms with E-state index in [1.807, 2.05) is 6.08 Å². The summed E-state index contributed by atoms with van der Waals surface area (Å²) >= 11 is 0. The van der Waals surface area contributed by atoms with Crippen LogP contribution in [0.5, 0.6) is 0 Å². The van der Waals surface area contributed by atoms with Gasteiger partial charge in [-0.05, 0) is 12.5 Å². The van der Waals surface area contributed by atoms with Crippen LogP contribution >= 0.6 is 0 Å². The minimum atomic E-state index is -0.0729. The van der Waals surface area contributed by atoms with Crippen LogP contribution in [-0.4, -0.2) is 11.9 Å². The molecule has 66 valence electrons. The Morgan fingerprint density at radius 3 is 3.23 bits per heavy atom. The summed E-state index contributed by atoms with van der Waals surface area (Å²) in [6.45, 7) is 0. The molecule has 0 aromatic heterocycles. The Morgan fingerprint density at radius 2 is 2.46 bits per heavy atom. The maximum atomic E-state index is 11.1. The van der Waals surface area contributed by atoms with E-state index in [1.54, 1.807) is 6.08 Å². The van der Waals surface area contributed by atoms with Crippen LogP contribution in [0.15, 0.2) is 23.8 Å². The highest BCUT2D eigenvalue weighted by atomic mass is 16.1. The van der Waals surface area contributed by atoms with Crippen molar-refractivity contribution in [1.29, 1.82) is 5.26 Å². The molecule has 2 rings (SSSR count). The normalized spacial score (nSPS) is 31.3. The van der Waals surface area contributed by atoms with Gasteiger partial charge in [-0.2, -0.15) is 5.26 Å². The Bertz CT molecular complexity index is 335. The second kappa shape index (κ2) is 3.06. The molecule has 3 heteroatoms. The first kappa shape index (κ1) is 8.06. The molecule has 1 heterocycles. The van der Waals surface area contributed by atoms with Crippen molar-refractivity contribution >= 4 is 5.91 Å². The van der Waals surface area contributed by atoms with E-state index in [2.05, 4.69) is 17.5 Å². The van der Waals surface area contributed by atoms with E-state index in [4.69, 9.17) is 5.26 Å². The third kappa shape index (κ3) is 1.35. The van der Waals surface area contributed by atoms with Crippen molar-refractivity contribution in [2.75, 3.05) is 0 Å². The van der Waals surface area contributed by atoms with Crippen molar-refractivity contribution in [1.82, 2.24) is 5.32 Å². The molecule has 1 saturated heterocycles. The van der Waals surface area contributed by atoms with E-state index < -0.39 is 0 Å². The number of amides is 1. The zero-order chi connectivity index (χ0) is 9.26. The number of rotatable bonds is 0. The van der Waals surface area contributed by atoms with Gasteiger partial charge in [0.25, 0.3) is 0 Å². The molecule has 1 fully saturated rings. The lowest BCUT2D eigenvalue weighted by Gasteiger charge is -2.31. The van der Waals surface area contributed by atoms with Crippen molar-refractivity contribution in [2.24, 2.45) is 5.92 Å². The van der Waals surface area contributed by atoms with Gasteiger partial charge < -0.3 is 5.32 Å². The first-order valence-electron chi connectivity index (χ1n) is 4.39. The van der Waals surface area contributed by atoms with Gasteiger partial charge in [0, 0.05) is 12.3 Å². The molecular weight excluding hydrogens is 164 g/mol. The lowest BCUT2D eigenvalue weighted by Crippen LogP contribution is -2.45. The van der Waals surface area contributed by atoms with Gasteiger partial charge in [-0.3, -0.25) is 4.79 Å². The first-order chi connectivity index (χ1) is 6.31. The molecule has 3 nitrogen and oxygen atoms in total. The van der Waals surface area contributed by atoms with Gasteiger partial charge in [-0.25, -0.2) is 0 Å². The van der Waals surface area contributed by atoms with Crippen LogP contribution in [0.2, 0.25) is 0 Å². The van der Waals surface area contributed by atoms with Crippen molar-refractivity contribution in [3.05, 3.63) is 23.8 Å².